The first-order chi connectivity index (χ1) is 10.3. The molecule has 5 heteroatoms. The van der Waals surface area contributed by atoms with Gasteiger partial charge in [-0.3, -0.25) is 4.79 Å². The largest absolute Gasteiger partial charge is 0.497 e. The first kappa shape index (κ1) is 13.7. The molecule has 0 radical (unpaired) electrons. The van der Waals surface area contributed by atoms with Crippen molar-refractivity contribution >= 4 is 5.82 Å². The normalized spacial score (nSPS) is 15.0. The van der Waals surface area contributed by atoms with Gasteiger partial charge in [0.05, 0.1) is 12.8 Å². The van der Waals surface area contributed by atoms with Gasteiger partial charge in [-0.1, -0.05) is 0 Å². The molecule has 2 aromatic rings. The van der Waals surface area contributed by atoms with E-state index >= 15 is 0 Å². The summed E-state index contributed by atoms with van der Waals surface area (Å²) in [6.07, 6.45) is 5.13. The standard InChI is InChI=1S/C16H19N3O2/c1-21-13-7-5-12(6-8-13)14-11-17-16(20)15(18-14)19-9-3-2-4-10-19/h5-8,11H,2-4,9-10H2,1H3,(H,17,20). The van der Waals surface area contributed by atoms with E-state index in [9.17, 15) is 4.79 Å². The van der Waals surface area contributed by atoms with Gasteiger partial charge in [0, 0.05) is 24.8 Å². The molecular weight excluding hydrogens is 266 g/mol. The van der Waals surface area contributed by atoms with Crippen LogP contribution in [0.15, 0.2) is 35.3 Å². The summed E-state index contributed by atoms with van der Waals surface area (Å²) < 4.78 is 5.16. The zero-order valence-corrected chi connectivity index (χ0v) is 12.1. The van der Waals surface area contributed by atoms with Crippen molar-refractivity contribution in [2.45, 2.75) is 19.3 Å². The molecule has 1 saturated heterocycles. The molecule has 0 amide bonds. The van der Waals surface area contributed by atoms with Gasteiger partial charge in [0.2, 0.25) is 0 Å². The second-order valence-electron chi connectivity index (χ2n) is 5.21. The van der Waals surface area contributed by atoms with Gasteiger partial charge < -0.3 is 14.6 Å². The fraction of sp³-hybridized carbons (Fsp3) is 0.375. The molecule has 5 nitrogen and oxygen atoms in total. The molecule has 0 spiro atoms. The zero-order valence-electron chi connectivity index (χ0n) is 12.1. The number of hydrogen-bond donors (Lipinski definition) is 1. The van der Waals surface area contributed by atoms with E-state index in [0.717, 1.165) is 42.9 Å². The lowest BCUT2D eigenvalue weighted by Crippen LogP contribution is -2.34. The van der Waals surface area contributed by atoms with Gasteiger partial charge >= 0.3 is 0 Å². The summed E-state index contributed by atoms with van der Waals surface area (Å²) in [5, 5.41) is 0. The molecule has 1 aromatic carbocycles. The molecule has 110 valence electrons. The van der Waals surface area contributed by atoms with Gasteiger partial charge in [0.1, 0.15) is 5.75 Å². The summed E-state index contributed by atoms with van der Waals surface area (Å²) in [5.74, 6) is 1.34. The maximum atomic E-state index is 12.0. The molecule has 0 aliphatic carbocycles. The summed E-state index contributed by atoms with van der Waals surface area (Å²) >= 11 is 0. The molecule has 0 saturated carbocycles. The third-order valence-electron chi connectivity index (χ3n) is 3.81. The Morgan fingerprint density at radius 2 is 1.86 bits per heavy atom. The summed E-state index contributed by atoms with van der Waals surface area (Å²) in [4.78, 5) is 21.5. The SMILES string of the molecule is COc1ccc(-c2c[nH]c(=O)c(N3CCCCC3)n2)cc1. The highest BCUT2D eigenvalue weighted by molar-refractivity contribution is 5.61. The second kappa shape index (κ2) is 5.99. The molecule has 3 rings (SSSR count). The maximum absolute atomic E-state index is 12.0. The fourth-order valence-corrected chi connectivity index (χ4v) is 2.63. The highest BCUT2D eigenvalue weighted by Crippen LogP contribution is 2.22. The van der Waals surface area contributed by atoms with E-state index in [1.54, 1.807) is 13.3 Å². The summed E-state index contributed by atoms with van der Waals surface area (Å²) in [7, 11) is 1.64. The van der Waals surface area contributed by atoms with Gasteiger partial charge in [0.25, 0.3) is 5.56 Å². The number of hydrogen-bond acceptors (Lipinski definition) is 4. The Kier molecular flexibility index (Phi) is 3.90. The third-order valence-corrected chi connectivity index (χ3v) is 3.81. The number of nitrogens with one attached hydrogen (secondary N) is 1. The lowest BCUT2D eigenvalue weighted by molar-refractivity contribution is 0.415. The average molecular weight is 285 g/mol. The molecular formula is C16H19N3O2. The van der Waals surface area contributed by atoms with Crippen LogP contribution in [0.4, 0.5) is 5.82 Å². The van der Waals surface area contributed by atoms with E-state index in [0.29, 0.717) is 5.82 Å². The molecule has 1 aliphatic heterocycles. The van der Waals surface area contributed by atoms with Crippen LogP contribution in [0, 0.1) is 0 Å². The molecule has 2 heterocycles. The van der Waals surface area contributed by atoms with E-state index in [-0.39, 0.29) is 5.56 Å². The Morgan fingerprint density at radius 3 is 2.52 bits per heavy atom. The Bertz CT molecular complexity index is 658. The Balaban J connectivity index is 1.94. The molecule has 0 unspecified atom stereocenters. The van der Waals surface area contributed by atoms with Crippen molar-refractivity contribution in [1.29, 1.82) is 0 Å². The van der Waals surface area contributed by atoms with Crippen molar-refractivity contribution in [1.82, 2.24) is 9.97 Å². The van der Waals surface area contributed by atoms with Gasteiger partial charge in [-0.25, -0.2) is 4.98 Å². The minimum Gasteiger partial charge on any atom is -0.497 e. The van der Waals surface area contributed by atoms with Gasteiger partial charge in [-0.15, -0.1) is 0 Å². The fourth-order valence-electron chi connectivity index (χ4n) is 2.63. The first-order valence-corrected chi connectivity index (χ1v) is 7.27. The molecule has 1 aromatic heterocycles. The van der Waals surface area contributed by atoms with Gasteiger partial charge in [-0.2, -0.15) is 0 Å². The van der Waals surface area contributed by atoms with E-state index in [4.69, 9.17) is 4.74 Å². The van der Waals surface area contributed by atoms with Crippen LogP contribution >= 0.6 is 0 Å². The van der Waals surface area contributed by atoms with Gasteiger partial charge in [-0.05, 0) is 43.5 Å². The van der Waals surface area contributed by atoms with Crippen LogP contribution in [0.3, 0.4) is 0 Å². The number of benzene rings is 1. The quantitative estimate of drug-likeness (QED) is 0.941. The zero-order chi connectivity index (χ0) is 14.7. The number of methoxy groups -OCH3 is 1. The maximum Gasteiger partial charge on any atom is 0.290 e. The van der Waals surface area contributed by atoms with E-state index < -0.39 is 0 Å². The number of ether oxygens (including phenoxy) is 1. The highest BCUT2D eigenvalue weighted by atomic mass is 16.5. The van der Waals surface area contributed by atoms with Crippen LogP contribution in [0.25, 0.3) is 11.3 Å². The van der Waals surface area contributed by atoms with Crippen molar-refractivity contribution in [2.75, 3.05) is 25.1 Å². The molecule has 1 fully saturated rings. The molecule has 0 bridgehead atoms. The Morgan fingerprint density at radius 1 is 1.14 bits per heavy atom. The number of anilines is 1. The van der Waals surface area contributed by atoms with Crippen molar-refractivity contribution in [3.05, 3.63) is 40.8 Å². The second-order valence-corrected chi connectivity index (χ2v) is 5.21. The first-order valence-electron chi connectivity index (χ1n) is 7.27. The number of aromatic amines is 1. The van der Waals surface area contributed by atoms with Crippen LogP contribution in [0.2, 0.25) is 0 Å². The monoisotopic (exact) mass is 285 g/mol. The number of rotatable bonds is 3. The molecule has 0 atom stereocenters. The lowest BCUT2D eigenvalue weighted by atomic mass is 10.1. The smallest absolute Gasteiger partial charge is 0.290 e. The van der Waals surface area contributed by atoms with Crippen molar-refractivity contribution in [3.63, 3.8) is 0 Å². The number of piperidine rings is 1. The highest BCUT2D eigenvalue weighted by Gasteiger charge is 2.16. The minimum atomic E-state index is -0.117. The molecule has 21 heavy (non-hydrogen) atoms. The van der Waals surface area contributed by atoms with E-state index in [1.165, 1.54) is 6.42 Å². The van der Waals surface area contributed by atoms with Crippen LogP contribution in [-0.2, 0) is 0 Å². The van der Waals surface area contributed by atoms with Crippen molar-refractivity contribution in [3.8, 4) is 17.0 Å². The third kappa shape index (κ3) is 2.91. The Hall–Kier alpha value is -2.30. The predicted molar refractivity (Wildman–Crippen MR) is 82.9 cm³/mol. The minimum absolute atomic E-state index is 0.117. The topological polar surface area (TPSA) is 58.2 Å². The number of nitrogens with zero attached hydrogens (tertiary/aromatic N) is 2. The number of H-pyrrole nitrogens is 1. The number of aromatic nitrogens is 2. The molecule has 1 aliphatic rings. The van der Waals surface area contributed by atoms with E-state index in [1.807, 2.05) is 24.3 Å². The van der Waals surface area contributed by atoms with Gasteiger partial charge in [0.15, 0.2) is 5.82 Å². The summed E-state index contributed by atoms with van der Waals surface area (Å²) in [5.41, 5.74) is 1.62. The molecule has 1 N–H and O–H groups in total. The lowest BCUT2D eigenvalue weighted by Gasteiger charge is -2.27. The van der Waals surface area contributed by atoms with Crippen LogP contribution in [0.1, 0.15) is 19.3 Å². The summed E-state index contributed by atoms with van der Waals surface area (Å²) in [6.45, 7) is 1.81. The summed E-state index contributed by atoms with van der Waals surface area (Å²) in [6, 6.07) is 7.67. The predicted octanol–water partition coefficient (Wildman–Crippen LogP) is 2.44. The Labute approximate surface area is 123 Å². The van der Waals surface area contributed by atoms with Crippen LogP contribution < -0.4 is 15.2 Å². The van der Waals surface area contributed by atoms with E-state index in [2.05, 4.69) is 14.9 Å². The van der Waals surface area contributed by atoms with Crippen LogP contribution in [-0.4, -0.2) is 30.2 Å². The average Bonchev–Trinajstić information content (AvgIpc) is 2.56. The van der Waals surface area contributed by atoms with Crippen LogP contribution in [0.5, 0.6) is 5.75 Å². The van der Waals surface area contributed by atoms with Crippen molar-refractivity contribution in [2.24, 2.45) is 0 Å². The van der Waals surface area contributed by atoms with Crippen molar-refractivity contribution < 1.29 is 4.74 Å².